The Kier molecular flexibility index (Phi) is 6.60. The number of hydrogen-bond acceptors (Lipinski definition) is 5. The van der Waals surface area contributed by atoms with Crippen LogP contribution in [0.3, 0.4) is 0 Å². The molecule has 0 saturated heterocycles. The number of benzene rings is 3. The van der Waals surface area contributed by atoms with Crippen molar-refractivity contribution < 1.29 is 24.6 Å². The fourth-order valence-corrected chi connectivity index (χ4v) is 2.73. The van der Waals surface area contributed by atoms with E-state index in [2.05, 4.69) is 0 Å². The zero-order chi connectivity index (χ0) is 22.6. The molecule has 7 heteroatoms. The van der Waals surface area contributed by atoms with Gasteiger partial charge in [-0.3, -0.25) is 0 Å². The van der Waals surface area contributed by atoms with Crippen LogP contribution in [0.2, 0.25) is 0 Å². The lowest BCUT2D eigenvalue weighted by atomic mass is 9.90. The van der Waals surface area contributed by atoms with Crippen LogP contribution in [-0.2, 0) is 0 Å². The summed E-state index contributed by atoms with van der Waals surface area (Å²) in [6.07, 6.45) is 0. The predicted octanol–water partition coefficient (Wildman–Crippen LogP) is 3.81. The number of fused-ring (bicyclic) bond motifs is 3. The van der Waals surface area contributed by atoms with E-state index in [1.54, 1.807) is 44.6 Å². The van der Waals surface area contributed by atoms with E-state index in [0.717, 1.165) is 21.8 Å². The lowest BCUT2D eigenvalue weighted by Crippen LogP contribution is -2.44. The molecule has 0 saturated carbocycles. The summed E-state index contributed by atoms with van der Waals surface area (Å²) in [5.41, 5.74) is -0.256. The maximum Gasteiger partial charge on any atom is 0.805 e. The van der Waals surface area contributed by atoms with Crippen LogP contribution in [0.5, 0.6) is 5.75 Å². The van der Waals surface area contributed by atoms with Crippen LogP contribution < -0.4 is 9.41 Å². The van der Waals surface area contributed by atoms with Crippen molar-refractivity contribution in [1.82, 2.24) is 4.73 Å². The van der Waals surface area contributed by atoms with Gasteiger partial charge >= 0.3 is 7.32 Å². The molecule has 31 heavy (non-hydrogen) atoms. The molecule has 3 N–H and O–H groups in total. The molecule has 0 aliphatic rings. The summed E-state index contributed by atoms with van der Waals surface area (Å²) in [6, 6.07) is 24.9. The molecule has 0 fully saturated rings. The average Bonchev–Trinajstić information content (AvgIpc) is 3.02. The molecule has 4 rings (SSSR count). The normalized spacial score (nSPS) is 11.7. The van der Waals surface area contributed by atoms with Gasteiger partial charge in [-0.25, -0.2) is 0 Å². The highest BCUT2D eigenvalue weighted by atomic mass is 16.8. The Labute approximate surface area is 182 Å². The molecule has 0 radical (unpaired) electrons. The Morgan fingerprint density at radius 2 is 1.10 bits per heavy atom. The molecule has 0 unspecified atom stereocenters. The predicted molar refractivity (Wildman–Crippen MR) is 124 cm³/mol. The van der Waals surface area contributed by atoms with Gasteiger partial charge in [0.2, 0.25) is 0 Å². The van der Waals surface area contributed by atoms with Gasteiger partial charge in [0.15, 0.2) is 0 Å². The summed E-state index contributed by atoms with van der Waals surface area (Å²) < 4.78 is 12.6. The fourth-order valence-electron chi connectivity index (χ4n) is 2.73. The fraction of sp³-hybridized carbons (Fsp3) is 0.250. The first-order valence-electron chi connectivity index (χ1n) is 10.1. The molecule has 0 amide bonds. The molecule has 0 aliphatic carbocycles. The molecular formula is C24H28BNO5. The SMILES string of the molecule is CC(C)(O)C(C)(C)O.OB(Oc1ccccc1)On1c2ccccc2c2ccccc21. The molecule has 4 aromatic rings. The van der Waals surface area contributed by atoms with E-state index >= 15 is 0 Å². The summed E-state index contributed by atoms with van der Waals surface area (Å²) in [4.78, 5) is 0. The number of hydrogen-bond donors (Lipinski definition) is 3. The van der Waals surface area contributed by atoms with E-state index in [9.17, 15) is 5.02 Å². The van der Waals surface area contributed by atoms with Gasteiger partial charge in [-0.15, -0.1) is 0 Å². The summed E-state index contributed by atoms with van der Waals surface area (Å²) in [5.74, 6) is 0.542. The summed E-state index contributed by atoms with van der Waals surface area (Å²) in [5, 5.41) is 30.5. The van der Waals surface area contributed by atoms with Gasteiger partial charge < -0.3 is 24.6 Å². The van der Waals surface area contributed by atoms with Crippen LogP contribution in [0, 0.1) is 0 Å². The van der Waals surface area contributed by atoms with E-state index in [-0.39, 0.29) is 0 Å². The Hall–Kier alpha value is -3.00. The van der Waals surface area contributed by atoms with Gasteiger partial charge in [-0.2, -0.15) is 4.73 Å². The third-order valence-corrected chi connectivity index (χ3v) is 5.21. The van der Waals surface area contributed by atoms with Crippen LogP contribution in [-0.4, -0.2) is 38.5 Å². The molecule has 162 valence electrons. The van der Waals surface area contributed by atoms with Crippen LogP contribution in [0.4, 0.5) is 0 Å². The molecule has 1 aromatic heterocycles. The van der Waals surface area contributed by atoms with Crippen molar-refractivity contribution in [3.63, 3.8) is 0 Å². The van der Waals surface area contributed by atoms with Crippen LogP contribution >= 0.6 is 0 Å². The largest absolute Gasteiger partial charge is 0.805 e. The van der Waals surface area contributed by atoms with Crippen molar-refractivity contribution in [1.29, 1.82) is 0 Å². The Balaban J connectivity index is 0.000000293. The van der Waals surface area contributed by atoms with Gasteiger partial charge in [-0.05, 0) is 52.0 Å². The smallest absolute Gasteiger partial charge is 0.500 e. The quantitative estimate of drug-likeness (QED) is 0.427. The first-order valence-corrected chi connectivity index (χ1v) is 10.1. The lowest BCUT2D eigenvalue weighted by molar-refractivity contribution is -0.107. The third-order valence-electron chi connectivity index (χ3n) is 5.21. The molecule has 3 aromatic carbocycles. The number of aromatic nitrogens is 1. The van der Waals surface area contributed by atoms with Gasteiger partial charge in [0.05, 0.1) is 22.2 Å². The van der Waals surface area contributed by atoms with Crippen molar-refractivity contribution in [2.45, 2.75) is 38.9 Å². The molecule has 0 spiro atoms. The van der Waals surface area contributed by atoms with E-state index in [0.29, 0.717) is 5.75 Å². The summed E-state index contributed by atoms with van der Waals surface area (Å²) >= 11 is 0. The van der Waals surface area contributed by atoms with E-state index in [1.165, 1.54) is 0 Å². The second-order valence-corrected chi connectivity index (χ2v) is 8.29. The van der Waals surface area contributed by atoms with E-state index in [4.69, 9.17) is 19.6 Å². The first-order chi connectivity index (χ1) is 14.6. The molecular weight excluding hydrogens is 393 g/mol. The van der Waals surface area contributed by atoms with Crippen molar-refractivity contribution in [3.8, 4) is 5.75 Å². The number of rotatable bonds is 5. The Morgan fingerprint density at radius 1 is 0.677 bits per heavy atom. The number of para-hydroxylation sites is 3. The number of nitrogens with zero attached hydrogens (tertiary/aromatic N) is 1. The first kappa shape index (κ1) is 22.7. The van der Waals surface area contributed by atoms with Crippen molar-refractivity contribution >= 4 is 29.1 Å². The van der Waals surface area contributed by atoms with Crippen LogP contribution in [0.1, 0.15) is 27.7 Å². The third kappa shape index (κ3) is 5.38. The topological polar surface area (TPSA) is 84.1 Å². The molecule has 0 bridgehead atoms. The van der Waals surface area contributed by atoms with Crippen LogP contribution in [0.25, 0.3) is 21.8 Å². The second kappa shape index (κ2) is 9.02. The minimum Gasteiger partial charge on any atom is -0.500 e. The van der Waals surface area contributed by atoms with Crippen LogP contribution in [0.15, 0.2) is 78.9 Å². The van der Waals surface area contributed by atoms with Gasteiger partial charge in [0.1, 0.15) is 5.75 Å². The number of aliphatic hydroxyl groups is 2. The van der Waals surface area contributed by atoms with Gasteiger partial charge in [0, 0.05) is 10.8 Å². The highest BCUT2D eigenvalue weighted by molar-refractivity contribution is 6.36. The zero-order valence-corrected chi connectivity index (χ0v) is 18.2. The zero-order valence-electron chi connectivity index (χ0n) is 18.2. The highest BCUT2D eigenvalue weighted by Gasteiger charge is 2.32. The molecule has 6 nitrogen and oxygen atoms in total. The van der Waals surface area contributed by atoms with Crippen molar-refractivity contribution in [2.75, 3.05) is 0 Å². The van der Waals surface area contributed by atoms with E-state index < -0.39 is 18.5 Å². The summed E-state index contributed by atoms with van der Waals surface area (Å²) in [7, 11) is -1.41. The minimum atomic E-state index is -1.41. The molecule has 1 heterocycles. The lowest BCUT2D eigenvalue weighted by Gasteiger charge is -2.31. The Bertz CT molecular complexity index is 1060. The second-order valence-electron chi connectivity index (χ2n) is 8.29. The van der Waals surface area contributed by atoms with Gasteiger partial charge in [-0.1, -0.05) is 54.6 Å². The molecule has 0 aliphatic heterocycles. The minimum absolute atomic E-state index is 0.542. The maximum absolute atomic E-state index is 10.1. The van der Waals surface area contributed by atoms with E-state index in [1.807, 2.05) is 66.7 Å². The maximum atomic E-state index is 10.1. The molecule has 0 atom stereocenters. The summed E-state index contributed by atoms with van der Waals surface area (Å²) in [6.45, 7) is 6.31. The van der Waals surface area contributed by atoms with Gasteiger partial charge in [0.25, 0.3) is 0 Å². The Morgan fingerprint density at radius 3 is 1.55 bits per heavy atom. The average molecular weight is 421 g/mol. The standard InChI is InChI=1S/C18H14BNO3.C6H14O2/c21-19(22-14-8-2-1-3-9-14)23-20-17-12-6-4-10-15(17)16-11-5-7-13-18(16)20;1-5(2,7)6(3,4)8/h1-13,21H;7-8H,1-4H3. The van der Waals surface area contributed by atoms with Crippen molar-refractivity contribution in [3.05, 3.63) is 78.9 Å². The highest BCUT2D eigenvalue weighted by Crippen LogP contribution is 2.27. The van der Waals surface area contributed by atoms with Crippen molar-refractivity contribution in [2.24, 2.45) is 0 Å². The monoisotopic (exact) mass is 421 g/mol.